The average Bonchev–Trinajstić information content (AvgIpc) is 2.46. The van der Waals surface area contributed by atoms with Crippen LogP contribution in [0.15, 0.2) is 18.2 Å². The monoisotopic (exact) mass is 261 g/mol. The van der Waals surface area contributed by atoms with Gasteiger partial charge in [-0.25, -0.2) is 0 Å². The maximum Gasteiger partial charge on any atom is 0.122 e. The Labute approximate surface area is 117 Å². The summed E-state index contributed by atoms with van der Waals surface area (Å²) in [6.07, 6.45) is 8.72. The van der Waals surface area contributed by atoms with Crippen LogP contribution in [-0.2, 0) is 6.42 Å². The summed E-state index contributed by atoms with van der Waals surface area (Å²) in [6, 6.07) is 7.03. The molecular formula is C17H27NO. The summed E-state index contributed by atoms with van der Waals surface area (Å²) in [6.45, 7) is 3.10. The van der Waals surface area contributed by atoms with Gasteiger partial charge in [0.15, 0.2) is 0 Å². The molecule has 1 aliphatic carbocycles. The Hall–Kier alpha value is -1.02. The number of fused-ring (bicyclic) bond motifs is 1. The van der Waals surface area contributed by atoms with E-state index >= 15 is 0 Å². The van der Waals surface area contributed by atoms with Gasteiger partial charge in [-0.1, -0.05) is 38.3 Å². The first kappa shape index (κ1) is 14.4. The van der Waals surface area contributed by atoms with E-state index in [0.29, 0.717) is 6.04 Å². The van der Waals surface area contributed by atoms with Gasteiger partial charge in [-0.2, -0.15) is 0 Å². The van der Waals surface area contributed by atoms with Gasteiger partial charge in [0, 0.05) is 6.04 Å². The van der Waals surface area contributed by atoms with Crippen molar-refractivity contribution in [2.45, 2.75) is 57.9 Å². The normalized spacial score (nSPS) is 18.1. The highest BCUT2D eigenvalue weighted by atomic mass is 16.5. The van der Waals surface area contributed by atoms with Crippen LogP contribution in [0.4, 0.5) is 0 Å². The number of hydrogen-bond acceptors (Lipinski definition) is 2. The van der Waals surface area contributed by atoms with E-state index in [1.54, 1.807) is 0 Å². The van der Waals surface area contributed by atoms with Crippen LogP contribution in [0.3, 0.4) is 0 Å². The second-order valence-electron chi connectivity index (χ2n) is 5.47. The van der Waals surface area contributed by atoms with E-state index in [-0.39, 0.29) is 0 Å². The van der Waals surface area contributed by atoms with Gasteiger partial charge in [-0.15, -0.1) is 0 Å². The summed E-state index contributed by atoms with van der Waals surface area (Å²) in [5.74, 6) is 1.12. The van der Waals surface area contributed by atoms with Gasteiger partial charge in [-0.05, 0) is 49.9 Å². The molecule has 0 saturated heterocycles. The van der Waals surface area contributed by atoms with E-state index in [1.165, 1.54) is 56.1 Å². The minimum absolute atomic E-state index is 0.507. The summed E-state index contributed by atoms with van der Waals surface area (Å²) in [5.41, 5.74) is 2.88. The highest BCUT2D eigenvalue weighted by Gasteiger charge is 2.21. The lowest BCUT2D eigenvalue weighted by Crippen LogP contribution is -2.22. The topological polar surface area (TPSA) is 21.3 Å². The smallest absolute Gasteiger partial charge is 0.122 e. The molecule has 2 heteroatoms. The van der Waals surface area contributed by atoms with E-state index in [1.807, 2.05) is 0 Å². The van der Waals surface area contributed by atoms with Crippen LogP contribution in [-0.4, -0.2) is 13.7 Å². The number of benzene rings is 1. The van der Waals surface area contributed by atoms with Crippen molar-refractivity contribution in [3.8, 4) is 5.75 Å². The zero-order chi connectivity index (χ0) is 13.5. The molecule has 0 radical (unpaired) electrons. The predicted octanol–water partition coefficient (Wildman–Crippen LogP) is 4.24. The standard InChI is InChI=1S/C17H27NO/c1-3-4-5-6-13-19-17-12-8-9-14-15(17)10-7-11-16(14)18-2/h8-9,12,16,18H,3-7,10-11,13H2,1-2H3. The maximum atomic E-state index is 6.02. The molecule has 0 spiro atoms. The van der Waals surface area contributed by atoms with Crippen LogP contribution in [0, 0.1) is 0 Å². The van der Waals surface area contributed by atoms with Crippen molar-refractivity contribution >= 4 is 0 Å². The fourth-order valence-electron chi connectivity index (χ4n) is 2.96. The molecule has 0 aromatic heterocycles. The second-order valence-corrected chi connectivity index (χ2v) is 5.47. The predicted molar refractivity (Wildman–Crippen MR) is 80.8 cm³/mol. The first-order chi connectivity index (χ1) is 9.36. The zero-order valence-corrected chi connectivity index (χ0v) is 12.4. The van der Waals surface area contributed by atoms with E-state index in [2.05, 4.69) is 37.5 Å². The number of rotatable bonds is 7. The SMILES string of the molecule is CCCCCCOc1cccc2c1CCCC2NC. The lowest BCUT2D eigenvalue weighted by molar-refractivity contribution is 0.299. The molecule has 0 fully saturated rings. The molecule has 0 saturated carbocycles. The van der Waals surface area contributed by atoms with Crippen molar-refractivity contribution in [3.63, 3.8) is 0 Å². The van der Waals surface area contributed by atoms with E-state index in [0.717, 1.165) is 12.4 Å². The van der Waals surface area contributed by atoms with Crippen molar-refractivity contribution in [1.29, 1.82) is 0 Å². The fourth-order valence-corrected chi connectivity index (χ4v) is 2.96. The Bertz CT molecular complexity index is 389. The largest absolute Gasteiger partial charge is 0.493 e. The third kappa shape index (κ3) is 3.73. The molecule has 0 amide bonds. The van der Waals surface area contributed by atoms with Crippen LogP contribution in [0.25, 0.3) is 0 Å². The Balaban J connectivity index is 1.97. The quantitative estimate of drug-likeness (QED) is 0.741. The first-order valence-electron chi connectivity index (χ1n) is 7.78. The lowest BCUT2D eigenvalue weighted by Gasteiger charge is -2.26. The Morgan fingerprint density at radius 2 is 2.16 bits per heavy atom. The molecule has 1 atom stereocenters. The van der Waals surface area contributed by atoms with Crippen LogP contribution in [0.5, 0.6) is 5.75 Å². The van der Waals surface area contributed by atoms with Crippen LogP contribution >= 0.6 is 0 Å². The fraction of sp³-hybridized carbons (Fsp3) is 0.647. The summed E-state index contributed by atoms with van der Waals surface area (Å²) >= 11 is 0. The van der Waals surface area contributed by atoms with Gasteiger partial charge < -0.3 is 10.1 Å². The van der Waals surface area contributed by atoms with Gasteiger partial charge in [0.1, 0.15) is 5.75 Å². The van der Waals surface area contributed by atoms with Crippen molar-refractivity contribution in [3.05, 3.63) is 29.3 Å². The summed E-state index contributed by atoms with van der Waals surface area (Å²) < 4.78 is 6.02. The molecule has 0 aliphatic heterocycles. The molecule has 2 rings (SSSR count). The van der Waals surface area contributed by atoms with E-state index in [9.17, 15) is 0 Å². The summed E-state index contributed by atoms with van der Waals surface area (Å²) in [7, 11) is 2.05. The summed E-state index contributed by atoms with van der Waals surface area (Å²) in [4.78, 5) is 0. The summed E-state index contributed by atoms with van der Waals surface area (Å²) in [5, 5.41) is 3.42. The van der Waals surface area contributed by atoms with Gasteiger partial charge >= 0.3 is 0 Å². The average molecular weight is 261 g/mol. The molecule has 106 valence electrons. The Morgan fingerprint density at radius 1 is 1.26 bits per heavy atom. The molecule has 1 aromatic rings. The van der Waals surface area contributed by atoms with Gasteiger partial charge in [0.25, 0.3) is 0 Å². The number of nitrogens with one attached hydrogen (secondary N) is 1. The van der Waals surface area contributed by atoms with Crippen molar-refractivity contribution in [1.82, 2.24) is 5.32 Å². The van der Waals surface area contributed by atoms with Gasteiger partial charge in [0.05, 0.1) is 6.61 Å². The van der Waals surface area contributed by atoms with Crippen LogP contribution in [0.2, 0.25) is 0 Å². The first-order valence-corrected chi connectivity index (χ1v) is 7.78. The molecule has 1 N–H and O–H groups in total. The molecular weight excluding hydrogens is 234 g/mol. The van der Waals surface area contributed by atoms with E-state index < -0.39 is 0 Å². The minimum Gasteiger partial charge on any atom is -0.493 e. The van der Waals surface area contributed by atoms with Crippen LogP contribution < -0.4 is 10.1 Å². The van der Waals surface area contributed by atoms with Crippen molar-refractivity contribution in [2.75, 3.05) is 13.7 Å². The van der Waals surface area contributed by atoms with Crippen molar-refractivity contribution in [2.24, 2.45) is 0 Å². The third-order valence-corrected chi connectivity index (χ3v) is 4.07. The van der Waals surface area contributed by atoms with Crippen LogP contribution in [0.1, 0.15) is 62.6 Å². The van der Waals surface area contributed by atoms with Gasteiger partial charge in [-0.3, -0.25) is 0 Å². The maximum absolute atomic E-state index is 6.02. The molecule has 1 unspecified atom stereocenters. The van der Waals surface area contributed by atoms with E-state index in [4.69, 9.17) is 4.74 Å². The molecule has 19 heavy (non-hydrogen) atoms. The Kier molecular flexibility index (Phi) is 5.71. The Morgan fingerprint density at radius 3 is 2.95 bits per heavy atom. The molecule has 0 bridgehead atoms. The number of hydrogen-bond donors (Lipinski definition) is 1. The zero-order valence-electron chi connectivity index (χ0n) is 12.4. The highest BCUT2D eigenvalue weighted by Crippen LogP contribution is 2.35. The highest BCUT2D eigenvalue weighted by molar-refractivity contribution is 5.43. The molecule has 1 aromatic carbocycles. The van der Waals surface area contributed by atoms with Gasteiger partial charge in [0.2, 0.25) is 0 Å². The van der Waals surface area contributed by atoms with Crippen molar-refractivity contribution < 1.29 is 4.74 Å². The number of unbranched alkanes of at least 4 members (excludes halogenated alkanes) is 3. The minimum atomic E-state index is 0.507. The lowest BCUT2D eigenvalue weighted by atomic mass is 9.87. The number of ether oxygens (including phenoxy) is 1. The third-order valence-electron chi connectivity index (χ3n) is 4.07. The molecule has 1 aliphatic rings. The second kappa shape index (κ2) is 7.54. The molecule has 2 nitrogen and oxygen atoms in total. The molecule has 0 heterocycles.